The molecule has 0 heterocycles. The van der Waals surface area contributed by atoms with Gasteiger partial charge in [-0.15, -0.1) is 0 Å². The van der Waals surface area contributed by atoms with E-state index in [1.165, 1.54) is 19.3 Å². The third kappa shape index (κ3) is 6.13. The Bertz CT molecular complexity index is 562. The van der Waals surface area contributed by atoms with E-state index in [-0.39, 0.29) is 30.9 Å². The van der Waals surface area contributed by atoms with Gasteiger partial charge in [0.05, 0.1) is 13.1 Å². The maximum atomic E-state index is 12.1. The number of rotatable bonds is 6. The van der Waals surface area contributed by atoms with E-state index in [2.05, 4.69) is 17.6 Å². The third-order valence-electron chi connectivity index (χ3n) is 4.41. The number of benzene rings is 1. The van der Waals surface area contributed by atoms with Crippen LogP contribution in [0.3, 0.4) is 0 Å². The van der Waals surface area contributed by atoms with Crippen molar-refractivity contribution in [1.82, 2.24) is 10.2 Å². The SMILES string of the molecule is C[C@@H]1CCCC[C@@H]1NC(=O)CN(C)CC(=O)Nc1ccc(Cl)cc1. The number of hydrogen-bond donors (Lipinski definition) is 2. The molecule has 2 atom stereocenters. The summed E-state index contributed by atoms with van der Waals surface area (Å²) >= 11 is 5.81. The minimum absolute atomic E-state index is 0.0180. The summed E-state index contributed by atoms with van der Waals surface area (Å²) < 4.78 is 0. The number of nitrogens with one attached hydrogen (secondary N) is 2. The van der Waals surface area contributed by atoms with Gasteiger partial charge in [-0.05, 0) is 50.1 Å². The molecule has 2 amide bonds. The summed E-state index contributed by atoms with van der Waals surface area (Å²) in [6, 6.07) is 7.20. The number of likely N-dealkylation sites (N-methyl/N-ethyl adjacent to an activating group) is 1. The fourth-order valence-corrected chi connectivity index (χ4v) is 3.19. The van der Waals surface area contributed by atoms with Crippen molar-refractivity contribution < 1.29 is 9.59 Å². The minimum atomic E-state index is -0.154. The second kappa shape index (κ2) is 9.04. The second-order valence-electron chi connectivity index (χ2n) is 6.66. The molecule has 0 unspecified atom stereocenters. The number of nitrogens with zero attached hydrogens (tertiary/aromatic N) is 1. The highest BCUT2D eigenvalue weighted by Crippen LogP contribution is 2.23. The number of carbonyl (C=O) groups is 2. The zero-order chi connectivity index (χ0) is 17.5. The minimum Gasteiger partial charge on any atom is -0.352 e. The summed E-state index contributed by atoms with van der Waals surface area (Å²) in [5.74, 6) is 0.357. The molecule has 2 rings (SSSR count). The maximum absolute atomic E-state index is 12.1. The largest absolute Gasteiger partial charge is 0.352 e. The maximum Gasteiger partial charge on any atom is 0.238 e. The van der Waals surface area contributed by atoms with Crippen LogP contribution in [-0.2, 0) is 9.59 Å². The van der Waals surface area contributed by atoms with Gasteiger partial charge in [0.2, 0.25) is 11.8 Å². The Labute approximate surface area is 148 Å². The Kier molecular flexibility index (Phi) is 7.06. The summed E-state index contributed by atoms with van der Waals surface area (Å²) in [5, 5.41) is 6.52. The van der Waals surface area contributed by atoms with Crippen LogP contribution < -0.4 is 10.6 Å². The van der Waals surface area contributed by atoms with Gasteiger partial charge < -0.3 is 10.6 Å². The molecule has 6 heteroatoms. The lowest BCUT2D eigenvalue weighted by Crippen LogP contribution is -2.46. The molecular formula is C18H26ClN3O2. The molecule has 0 aromatic heterocycles. The van der Waals surface area contributed by atoms with Gasteiger partial charge in [-0.2, -0.15) is 0 Å². The topological polar surface area (TPSA) is 61.4 Å². The van der Waals surface area contributed by atoms with Crippen LogP contribution in [0.5, 0.6) is 0 Å². The molecular weight excluding hydrogens is 326 g/mol. The molecule has 1 aromatic carbocycles. The molecule has 0 spiro atoms. The summed E-state index contributed by atoms with van der Waals surface area (Å²) in [6.45, 7) is 2.57. The lowest BCUT2D eigenvalue weighted by Gasteiger charge is -2.30. The molecule has 0 aliphatic heterocycles. The molecule has 1 fully saturated rings. The van der Waals surface area contributed by atoms with E-state index in [4.69, 9.17) is 11.6 Å². The van der Waals surface area contributed by atoms with E-state index in [0.717, 1.165) is 6.42 Å². The molecule has 1 saturated carbocycles. The van der Waals surface area contributed by atoms with Crippen LogP contribution in [-0.4, -0.2) is 42.9 Å². The number of hydrogen-bond acceptors (Lipinski definition) is 3. The van der Waals surface area contributed by atoms with Gasteiger partial charge in [0.25, 0.3) is 0 Å². The highest BCUT2D eigenvalue weighted by atomic mass is 35.5. The average molecular weight is 352 g/mol. The van der Waals surface area contributed by atoms with Gasteiger partial charge in [-0.3, -0.25) is 14.5 Å². The summed E-state index contributed by atoms with van der Waals surface area (Å²) in [7, 11) is 1.77. The van der Waals surface area contributed by atoms with Gasteiger partial charge >= 0.3 is 0 Å². The number of amides is 2. The standard InChI is InChI=1S/C18H26ClN3O2/c1-13-5-3-4-6-16(13)21-18(24)12-22(2)11-17(23)20-15-9-7-14(19)8-10-15/h7-10,13,16H,3-6,11-12H2,1-2H3,(H,20,23)(H,21,24)/t13-,16+/m1/s1. The van der Waals surface area contributed by atoms with E-state index in [0.29, 0.717) is 16.6 Å². The van der Waals surface area contributed by atoms with Crippen molar-refractivity contribution in [2.75, 3.05) is 25.5 Å². The van der Waals surface area contributed by atoms with Crippen molar-refractivity contribution >= 4 is 29.1 Å². The normalized spacial score (nSPS) is 20.7. The van der Waals surface area contributed by atoms with Crippen molar-refractivity contribution in [3.8, 4) is 0 Å². The smallest absolute Gasteiger partial charge is 0.238 e. The Morgan fingerprint density at radius 2 is 1.75 bits per heavy atom. The molecule has 0 saturated heterocycles. The van der Waals surface area contributed by atoms with Gasteiger partial charge in [0.1, 0.15) is 0 Å². The second-order valence-corrected chi connectivity index (χ2v) is 7.10. The van der Waals surface area contributed by atoms with Crippen molar-refractivity contribution in [2.24, 2.45) is 5.92 Å². The lowest BCUT2D eigenvalue weighted by atomic mass is 9.86. The van der Waals surface area contributed by atoms with Gasteiger partial charge in [-0.1, -0.05) is 31.4 Å². The molecule has 5 nitrogen and oxygen atoms in total. The molecule has 0 radical (unpaired) electrons. The predicted octanol–water partition coefficient (Wildman–Crippen LogP) is 2.91. The van der Waals surface area contributed by atoms with Crippen molar-refractivity contribution in [3.63, 3.8) is 0 Å². The number of anilines is 1. The molecule has 1 aromatic rings. The summed E-state index contributed by atoms with van der Waals surface area (Å²) in [5.41, 5.74) is 0.693. The first-order chi connectivity index (χ1) is 11.4. The van der Waals surface area contributed by atoms with Crippen LogP contribution in [0.15, 0.2) is 24.3 Å². The van der Waals surface area contributed by atoms with Crippen LogP contribution in [0.2, 0.25) is 5.02 Å². The van der Waals surface area contributed by atoms with E-state index >= 15 is 0 Å². The van der Waals surface area contributed by atoms with E-state index in [9.17, 15) is 9.59 Å². The van der Waals surface area contributed by atoms with Gasteiger partial charge in [0.15, 0.2) is 0 Å². The van der Waals surface area contributed by atoms with Gasteiger partial charge in [0, 0.05) is 16.8 Å². The molecule has 1 aliphatic carbocycles. The molecule has 2 N–H and O–H groups in total. The first-order valence-corrected chi connectivity index (χ1v) is 8.85. The molecule has 1 aliphatic rings. The predicted molar refractivity (Wildman–Crippen MR) is 97.1 cm³/mol. The Morgan fingerprint density at radius 3 is 2.42 bits per heavy atom. The molecule has 132 valence electrons. The Balaban J connectivity index is 1.73. The summed E-state index contributed by atoms with van der Waals surface area (Å²) in [6.07, 6.45) is 4.64. The Hall–Kier alpha value is -1.59. The van der Waals surface area contributed by atoms with Crippen LogP contribution in [0.4, 0.5) is 5.69 Å². The van der Waals surface area contributed by atoms with E-state index in [1.54, 1.807) is 36.2 Å². The first kappa shape index (κ1) is 18.7. The highest BCUT2D eigenvalue weighted by Gasteiger charge is 2.23. The fourth-order valence-electron chi connectivity index (χ4n) is 3.06. The van der Waals surface area contributed by atoms with Crippen molar-refractivity contribution in [1.29, 1.82) is 0 Å². The zero-order valence-corrected chi connectivity index (χ0v) is 15.1. The van der Waals surface area contributed by atoms with Crippen LogP contribution >= 0.6 is 11.6 Å². The lowest BCUT2D eigenvalue weighted by molar-refractivity contribution is -0.124. The van der Waals surface area contributed by atoms with E-state index < -0.39 is 0 Å². The average Bonchev–Trinajstić information content (AvgIpc) is 2.51. The van der Waals surface area contributed by atoms with Crippen molar-refractivity contribution in [2.45, 2.75) is 38.6 Å². The fraction of sp³-hybridized carbons (Fsp3) is 0.556. The number of carbonyl (C=O) groups excluding carboxylic acids is 2. The quantitative estimate of drug-likeness (QED) is 0.828. The number of halogens is 1. The first-order valence-electron chi connectivity index (χ1n) is 8.47. The molecule has 0 bridgehead atoms. The van der Waals surface area contributed by atoms with Gasteiger partial charge in [-0.25, -0.2) is 0 Å². The third-order valence-corrected chi connectivity index (χ3v) is 4.66. The monoisotopic (exact) mass is 351 g/mol. The highest BCUT2D eigenvalue weighted by molar-refractivity contribution is 6.30. The molecule has 24 heavy (non-hydrogen) atoms. The van der Waals surface area contributed by atoms with Crippen molar-refractivity contribution in [3.05, 3.63) is 29.3 Å². The zero-order valence-electron chi connectivity index (χ0n) is 14.3. The van der Waals surface area contributed by atoms with E-state index in [1.807, 2.05) is 0 Å². The summed E-state index contributed by atoms with van der Waals surface area (Å²) in [4.78, 5) is 25.9. The van der Waals surface area contributed by atoms with Crippen LogP contribution in [0, 0.1) is 5.92 Å². The van der Waals surface area contributed by atoms with Crippen LogP contribution in [0.25, 0.3) is 0 Å². The van der Waals surface area contributed by atoms with Crippen LogP contribution in [0.1, 0.15) is 32.6 Å². The Morgan fingerprint density at radius 1 is 1.12 bits per heavy atom.